The minimum atomic E-state index is -3.71. The Bertz CT molecular complexity index is 867. The Morgan fingerprint density at radius 2 is 1.57 bits per heavy atom. The minimum absolute atomic E-state index is 0.228. The SMILES string of the molecule is O=C(O)C1(CS(=O)(=O)N2CCN(c3ccc(Cl)cc3)CC2)CCC2(CC1)OCCO2. The van der Waals surface area contributed by atoms with E-state index >= 15 is 0 Å². The number of ether oxygens (including phenoxy) is 2. The number of hydrogen-bond donors (Lipinski definition) is 1. The molecular weight excluding hydrogens is 432 g/mol. The van der Waals surface area contributed by atoms with Crippen LogP contribution >= 0.6 is 11.6 Å². The highest BCUT2D eigenvalue weighted by atomic mass is 35.5. The molecule has 1 spiro atoms. The highest BCUT2D eigenvalue weighted by Crippen LogP contribution is 2.46. The summed E-state index contributed by atoms with van der Waals surface area (Å²) in [7, 11) is -3.71. The molecule has 3 aliphatic rings. The van der Waals surface area contributed by atoms with Gasteiger partial charge >= 0.3 is 5.97 Å². The van der Waals surface area contributed by atoms with E-state index in [9.17, 15) is 18.3 Å². The summed E-state index contributed by atoms with van der Waals surface area (Å²) in [6.07, 6.45) is 1.26. The number of anilines is 1. The average Bonchev–Trinajstić information content (AvgIpc) is 3.19. The standard InChI is InChI=1S/C20H27ClN2O6S/c21-16-1-3-17(4-2-16)22-9-11-23(12-10-22)30(26,27)15-19(18(24)25)5-7-20(8-6-19)28-13-14-29-20/h1-4H,5-15H2,(H,24,25). The molecule has 1 aliphatic carbocycles. The van der Waals surface area contributed by atoms with Gasteiger partial charge in [0.2, 0.25) is 10.0 Å². The first-order valence-corrected chi connectivity index (χ1v) is 12.2. The average molecular weight is 459 g/mol. The van der Waals surface area contributed by atoms with Crippen LogP contribution in [0.15, 0.2) is 24.3 Å². The molecule has 0 radical (unpaired) electrons. The van der Waals surface area contributed by atoms with E-state index < -0.39 is 27.2 Å². The number of hydrogen-bond acceptors (Lipinski definition) is 6. The summed E-state index contributed by atoms with van der Waals surface area (Å²) in [5.41, 5.74) is -0.306. The molecule has 3 fully saturated rings. The fraction of sp³-hybridized carbons (Fsp3) is 0.650. The molecule has 0 atom stereocenters. The molecule has 30 heavy (non-hydrogen) atoms. The Hall–Kier alpha value is -1.39. The molecule has 10 heteroatoms. The van der Waals surface area contributed by atoms with Gasteiger partial charge in [0.25, 0.3) is 0 Å². The van der Waals surface area contributed by atoms with Crippen molar-refractivity contribution in [2.75, 3.05) is 50.0 Å². The molecule has 1 saturated carbocycles. The summed E-state index contributed by atoms with van der Waals surface area (Å²) in [6, 6.07) is 7.45. The summed E-state index contributed by atoms with van der Waals surface area (Å²) in [4.78, 5) is 14.2. The van der Waals surface area contributed by atoms with E-state index in [1.807, 2.05) is 24.3 Å². The molecule has 166 valence electrons. The van der Waals surface area contributed by atoms with Crippen molar-refractivity contribution in [3.05, 3.63) is 29.3 Å². The van der Waals surface area contributed by atoms with Crippen molar-refractivity contribution in [1.29, 1.82) is 0 Å². The van der Waals surface area contributed by atoms with E-state index in [0.717, 1.165) is 5.69 Å². The third kappa shape index (κ3) is 4.31. The van der Waals surface area contributed by atoms with E-state index in [2.05, 4.69) is 4.90 Å². The number of sulfonamides is 1. The zero-order valence-electron chi connectivity index (χ0n) is 16.8. The molecule has 0 unspecified atom stereocenters. The van der Waals surface area contributed by atoms with Crippen molar-refractivity contribution in [3.63, 3.8) is 0 Å². The van der Waals surface area contributed by atoms with Crippen LogP contribution in [0.4, 0.5) is 5.69 Å². The second-order valence-corrected chi connectivity index (χ2v) is 10.7. The Kier molecular flexibility index (Phi) is 6.02. The Morgan fingerprint density at radius 1 is 1.00 bits per heavy atom. The van der Waals surface area contributed by atoms with E-state index in [4.69, 9.17) is 21.1 Å². The molecule has 0 amide bonds. The first-order valence-electron chi connectivity index (χ1n) is 10.2. The van der Waals surface area contributed by atoms with Crippen LogP contribution in [0.3, 0.4) is 0 Å². The van der Waals surface area contributed by atoms with Gasteiger partial charge in [-0.3, -0.25) is 4.79 Å². The molecule has 1 N–H and O–H groups in total. The van der Waals surface area contributed by atoms with Crippen LogP contribution in [0.5, 0.6) is 0 Å². The smallest absolute Gasteiger partial charge is 0.310 e. The fourth-order valence-electron chi connectivity index (χ4n) is 4.63. The van der Waals surface area contributed by atoms with Gasteiger partial charge in [0, 0.05) is 49.7 Å². The molecule has 2 aliphatic heterocycles. The summed E-state index contributed by atoms with van der Waals surface area (Å²) in [5, 5.41) is 10.6. The highest BCUT2D eigenvalue weighted by molar-refractivity contribution is 7.89. The number of carboxylic acid groups (broad SMARTS) is 1. The predicted molar refractivity (Wildman–Crippen MR) is 112 cm³/mol. The van der Waals surface area contributed by atoms with Crippen LogP contribution in [0.2, 0.25) is 5.02 Å². The lowest BCUT2D eigenvalue weighted by Crippen LogP contribution is -2.53. The van der Waals surface area contributed by atoms with Gasteiger partial charge in [-0.2, -0.15) is 4.31 Å². The van der Waals surface area contributed by atoms with E-state index in [1.54, 1.807) is 0 Å². The molecule has 4 rings (SSSR count). The summed E-state index contributed by atoms with van der Waals surface area (Å²) in [5.74, 6) is -2.17. The third-order valence-electron chi connectivity index (χ3n) is 6.52. The normalized spacial score (nSPS) is 24.2. The van der Waals surface area contributed by atoms with Crippen molar-refractivity contribution in [2.45, 2.75) is 31.5 Å². The zero-order valence-corrected chi connectivity index (χ0v) is 18.3. The zero-order chi connectivity index (χ0) is 21.4. The number of aliphatic carboxylic acids is 1. The maximum atomic E-state index is 13.1. The van der Waals surface area contributed by atoms with Gasteiger partial charge in [0.15, 0.2) is 5.79 Å². The lowest BCUT2D eigenvalue weighted by Gasteiger charge is -2.42. The fourth-order valence-corrected chi connectivity index (χ4v) is 6.77. The molecule has 0 bridgehead atoms. The number of benzene rings is 1. The first-order chi connectivity index (χ1) is 14.2. The topological polar surface area (TPSA) is 96.4 Å². The van der Waals surface area contributed by atoms with Crippen LogP contribution in [0, 0.1) is 5.41 Å². The summed E-state index contributed by atoms with van der Waals surface area (Å²) >= 11 is 5.93. The minimum Gasteiger partial charge on any atom is -0.481 e. The third-order valence-corrected chi connectivity index (χ3v) is 8.84. The van der Waals surface area contributed by atoms with E-state index in [-0.39, 0.29) is 18.6 Å². The van der Waals surface area contributed by atoms with Crippen LogP contribution in [-0.2, 0) is 24.3 Å². The van der Waals surface area contributed by atoms with Gasteiger partial charge in [-0.1, -0.05) is 11.6 Å². The Labute approximate surface area is 181 Å². The van der Waals surface area contributed by atoms with Crippen molar-refractivity contribution in [3.8, 4) is 0 Å². The van der Waals surface area contributed by atoms with Gasteiger partial charge in [-0.05, 0) is 37.1 Å². The van der Waals surface area contributed by atoms with E-state index in [1.165, 1.54) is 4.31 Å². The van der Waals surface area contributed by atoms with Crippen LogP contribution in [0.25, 0.3) is 0 Å². The molecule has 1 aromatic rings. The quantitative estimate of drug-likeness (QED) is 0.722. The number of rotatable bonds is 5. The monoisotopic (exact) mass is 458 g/mol. The summed E-state index contributed by atoms with van der Waals surface area (Å²) < 4.78 is 39.0. The lowest BCUT2D eigenvalue weighted by molar-refractivity contribution is -0.195. The van der Waals surface area contributed by atoms with Crippen molar-refractivity contribution in [1.82, 2.24) is 4.31 Å². The number of carbonyl (C=O) groups is 1. The number of halogens is 1. The second-order valence-electron chi connectivity index (χ2n) is 8.31. The van der Waals surface area contributed by atoms with Crippen LogP contribution in [-0.4, -0.2) is 74.7 Å². The molecule has 1 aromatic carbocycles. The Balaban J connectivity index is 1.40. The highest BCUT2D eigenvalue weighted by Gasteiger charge is 2.52. The van der Waals surface area contributed by atoms with Crippen molar-refractivity contribution < 1.29 is 27.8 Å². The first kappa shape index (κ1) is 21.8. The van der Waals surface area contributed by atoms with E-state index in [0.29, 0.717) is 57.3 Å². The largest absolute Gasteiger partial charge is 0.481 e. The lowest BCUT2D eigenvalue weighted by atomic mass is 9.73. The second kappa shape index (κ2) is 8.27. The maximum Gasteiger partial charge on any atom is 0.310 e. The van der Waals surface area contributed by atoms with Crippen molar-refractivity contribution in [2.24, 2.45) is 5.41 Å². The molecule has 0 aromatic heterocycles. The number of nitrogens with zero attached hydrogens (tertiary/aromatic N) is 2. The van der Waals surface area contributed by atoms with Gasteiger partial charge in [0.05, 0.1) is 24.4 Å². The predicted octanol–water partition coefficient (Wildman–Crippen LogP) is 2.18. The van der Waals surface area contributed by atoms with Crippen LogP contribution < -0.4 is 4.90 Å². The van der Waals surface area contributed by atoms with Gasteiger partial charge in [-0.25, -0.2) is 8.42 Å². The van der Waals surface area contributed by atoms with Gasteiger partial charge < -0.3 is 19.5 Å². The molecule has 2 heterocycles. The molecule has 2 saturated heterocycles. The van der Waals surface area contributed by atoms with Crippen LogP contribution in [0.1, 0.15) is 25.7 Å². The molecular formula is C20H27ClN2O6S. The summed E-state index contributed by atoms with van der Waals surface area (Å²) in [6.45, 7) is 2.75. The number of carboxylic acids is 1. The molecule has 8 nitrogen and oxygen atoms in total. The van der Waals surface area contributed by atoms with Crippen molar-refractivity contribution >= 4 is 33.3 Å². The van der Waals surface area contributed by atoms with Gasteiger partial charge in [-0.15, -0.1) is 0 Å². The number of piperazine rings is 1. The Morgan fingerprint density at radius 3 is 2.10 bits per heavy atom. The maximum absolute atomic E-state index is 13.1. The van der Waals surface area contributed by atoms with Gasteiger partial charge in [0.1, 0.15) is 0 Å².